The Kier molecular flexibility index (Phi) is 3.92. The SMILES string of the molecule is Nc1ncc2c(n1)CCN(Cc1[nH]c(-c3ccccc3)nc1Cl)C2. The van der Waals surface area contributed by atoms with Crippen molar-refractivity contribution in [2.45, 2.75) is 19.5 Å². The van der Waals surface area contributed by atoms with E-state index in [2.05, 4.69) is 24.8 Å². The fourth-order valence-corrected chi connectivity index (χ4v) is 3.17. The van der Waals surface area contributed by atoms with Crippen LogP contribution in [0.2, 0.25) is 5.15 Å². The maximum atomic E-state index is 6.32. The summed E-state index contributed by atoms with van der Waals surface area (Å²) in [7, 11) is 0. The van der Waals surface area contributed by atoms with Gasteiger partial charge in [0.05, 0.1) is 11.4 Å². The molecule has 0 radical (unpaired) electrons. The van der Waals surface area contributed by atoms with Gasteiger partial charge < -0.3 is 10.7 Å². The minimum atomic E-state index is 0.339. The van der Waals surface area contributed by atoms with Crippen LogP contribution in [0.25, 0.3) is 11.4 Å². The first kappa shape index (κ1) is 15.1. The largest absolute Gasteiger partial charge is 0.368 e. The zero-order chi connectivity index (χ0) is 16.5. The molecular weight excluding hydrogens is 324 g/mol. The molecule has 4 rings (SSSR count). The number of hydrogen-bond donors (Lipinski definition) is 2. The van der Waals surface area contributed by atoms with Gasteiger partial charge in [0.25, 0.3) is 0 Å². The lowest BCUT2D eigenvalue weighted by molar-refractivity contribution is 0.240. The molecule has 1 aliphatic rings. The van der Waals surface area contributed by atoms with Gasteiger partial charge >= 0.3 is 0 Å². The summed E-state index contributed by atoms with van der Waals surface area (Å²) in [6.07, 6.45) is 2.67. The van der Waals surface area contributed by atoms with Crippen LogP contribution in [0, 0.1) is 0 Å². The first-order valence-electron chi connectivity index (χ1n) is 7.81. The van der Waals surface area contributed by atoms with Crippen LogP contribution < -0.4 is 5.73 Å². The number of imidazole rings is 1. The number of hydrogen-bond acceptors (Lipinski definition) is 5. The van der Waals surface area contributed by atoms with Crippen molar-refractivity contribution in [1.29, 1.82) is 0 Å². The predicted octanol–water partition coefficient (Wildman–Crippen LogP) is 2.66. The van der Waals surface area contributed by atoms with Gasteiger partial charge in [-0.25, -0.2) is 15.0 Å². The van der Waals surface area contributed by atoms with Crippen molar-refractivity contribution in [2.75, 3.05) is 12.3 Å². The van der Waals surface area contributed by atoms with E-state index in [9.17, 15) is 0 Å². The lowest BCUT2D eigenvalue weighted by Crippen LogP contribution is -2.31. The normalized spacial score (nSPS) is 14.5. The fourth-order valence-electron chi connectivity index (χ4n) is 2.97. The third kappa shape index (κ3) is 2.98. The molecule has 1 aliphatic heterocycles. The molecule has 0 bridgehead atoms. The summed E-state index contributed by atoms with van der Waals surface area (Å²) in [5, 5.41) is 0.521. The number of nitrogens with two attached hydrogens (primary N) is 1. The van der Waals surface area contributed by atoms with E-state index in [1.165, 1.54) is 0 Å². The van der Waals surface area contributed by atoms with Gasteiger partial charge in [-0.2, -0.15) is 0 Å². The summed E-state index contributed by atoms with van der Waals surface area (Å²) in [5.41, 5.74) is 9.76. The van der Waals surface area contributed by atoms with Gasteiger partial charge in [-0.05, 0) is 0 Å². The van der Waals surface area contributed by atoms with E-state index in [4.69, 9.17) is 17.3 Å². The van der Waals surface area contributed by atoms with Gasteiger partial charge in [-0.15, -0.1) is 0 Å². The number of aromatic nitrogens is 4. The first-order chi connectivity index (χ1) is 11.7. The highest BCUT2D eigenvalue weighted by atomic mass is 35.5. The van der Waals surface area contributed by atoms with E-state index >= 15 is 0 Å². The van der Waals surface area contributed by atoms with Crippen molar-refractivity contribution < 1.29 is 0 Å². The first-order valence-corrected chi connectivity index (χ1v) is 8.19. The van der Waals surface area contributed by atoms with Gasteiger partial charge in [-0.1, -0.05) is 41.9 Å². The highest BCUT2D eigenvalue weighted by Gasteiger charge is 2.20. The van der Waals surface area contributed by atoms with Gasteiger partial charge in [0.15, 0.2) is 5.15 Å². The molecule has 3 N–H and O–H groups in total. The zero-order valence-electron chi connectivity index (χ0n) is 13.0. The topological polar surface area (TPSA) is 83.7 Å². The molecule has 122 valence electrons. The molecule has 2 aromatic heterocycles. The minimum Gasteiger partial charge on any atom is -0.368 e. The molecule has 0 unspecified atom stereocenters. The second-order valence-corrected chi connectivity index (χ2v) is 6.24. The Labute approximate surface area is 144 Å². The number of nitrogen functional groups attached to an aromatic ring is 1. The molecule has 6 nitrogen and oxygen atoms in total. The Morgan fingerprint density at radius 2 is 2.04 bits per heavy atom. The molecular formula is C17H17ClN6. The molecule has 0 saturated carbocycles. The van der Waals surface area contributed by atoms with Crippen LogP contribution in [0.1, 0.15) is 17.0 Å². The smallest absolute Gasteiger partial charge is 0.220 e. The summed E-state index contributed by atoms with van der Waals surface area (Å²) in [4.78, 5) is 18.5. The maximum Gasteiger partial charge on any atom is 0.220 e. The van der Waals surface area contributed by atoms with Gasteiger partial charge in [0.2, 0.25) is 5.95 Å². The number of nitrogens with one attached hydrogen (secondary N) is 1. The summed E-state index contributed by atoms with van der Waals surface area (Å²) < 4.78 is 0. The van der Waals surface area contributed by atoms with Crippen molar-refractivity contribution in [3.05, 3.63) is 58.6 Å². The molecule has 3 heterocycles. The molecule has 7 heteroatoms. The number of benzene rings is 1. The molecule has 0 saturated heterocycles. The average molecular weight is 341 g/mol. The zero-order valence-corrected chi connectivity index (χ0v) is 13.8. The van der Waals surface area contributed by atoms with Crippen molar-refractivity contribution in [3.8, 4) is 11.4 Å². The van der Waals surface area contributed by atoms with Crippen molar-refractivity contribution in [3.63, 3.8) is 0 Å². The number of fused-ring (bicyclic) bond motifs is 1. The van der Waals surface area contributed by atoms with Gasteiger partial charge in [0, 0.05) is 43.4 Å². The number of halogens is 1. The molecule has 0 spiro atoms. The molecule has 24 heavy (non-hydrogen) atoms. The third-order valence-corrected chi connectivity index (χ3v) is 4.50. The minimum absolute atomic E-state index is 0.339. The standard InChI is InChI=1S/C17H17ClN6/c18-15-14(21-16(23-15)11-4-2-1-3-5-11)10-24-7-6-13-12(9-24)8-20-17(19)22-13/h1-5,8H,6-7,9-10H2,(H,21,23)(H2,19,20,22). The number of nitrogens with zero attached hydrogens (tertiary/aromatic N) is 4. The van der Waals surface area contributed by atoms with E-state index in [-0.39, 0.29) is 0 Å². The van der Waals surface area contributed by atoms with Crippen LogP contribution in [0.5, 0.6) is 0 Å². The summed E-state index contributed by atoms with van der Waals surface area (Å²) in [6, 6.07) is 9.97. The summed E-state index contributed by atoms with van der Waals surface area (Å²) in [5.74, 6) is 1.13. The molecule has 3 aromatic rings. The highest BCUT2D eigenvalue weighted by Crippen LogP contribution is 2.24. The van der Waals surface area contributed by atoms with Crippen LogP contribution in [-0.2, 0) is 19.5 Å². The molecule has 0 fully saturated rings. The van der Waals surface area contributed by atoms with Crippen molar-refractivity contribution in [1.82, 2.24) is 24.8 Å². The Hall–Kier alpha value is -2.44. The molecule has 0 atom stereocenters. The Morgan fingerprint density at radius 1 is 1.21 bits per heavy atom. The summed E-state index contributed by atoms with van der Waals surface area (Å²) in [6.45, 7) is 2.40. The van der Waals surface area contributed by atoms with Crippen molar-refractivity contribution in [2.24, 2.45) is 0 Å². The van der Waals surface area contributed by atoms with Crippen LogP contribution in [-0.4, -0.2) is 31.4 Å². The quantitative estimate of drug-likeness (QED) is 0.765. The monoisotopic (exact) mass is 340 g/mol. The average Bonchev–Trinajstić information content (AvgIpc) is 2.97. The van der Waals surface area contributed by atoms with Crippen LogP contribution >= 0.6 is 11.6 Å². The molecule has 1 aromatic carbocycles. The number of anilines is 1. The van der Waals surface area contributed by atoms with E-state index in [1.54, 1.807) is 0 Å². The maximum absolute atomic E-state index is 6.32. The van der Waals surface area contributed by atoms with E-state index in [0.717, 1.165) is 47.8 Å². The van der Waals surface area contributed by atoms with Crippen LogP contribution in [0.3, 0.4) is 0 Å². The van der Waals surface area contributed by atoms with Gasteiger partial charge in [0.1, 0.15) is 5.82 Å². The predicted molar refractivity (Wildman–Crippen MR) is 93.3 cm³/mol. The number of rotatable bonds is 3. The molecule has 0 aliphatic carbocycles. The fraction of sp³-hybridized carbons (Fsp3) is 0.235. The second kappa shape index (κ2) is 6.22. The van der Waals surface area contributed by atoms with Gasteiger partial charge in [-0.3, -0.25) is 4.90 Å². The van der Waals surface area contributed by atoms with E-state index in [1.807, 2.05) is 36.5 Å². The Morgan fingerprint density at radius 3 is 2.88 bits per heavy atom. The van der Waals surface area contributed by atoms with Crippen LogP contribution in [0.15, 0.2) is 36.5 Å². The Balaban J connectivity index is 1.52. The van der Waals surface area contributed by atoms with E-state index in [0.29, 0.717) is 17.6 Å². The number of H-pyrrole nitrogens is 1. The number of aromatic amines is 1. The third-order valence-electron chi connectivity index (χ3n) is 4.19. The van der Waals surface area contributed by atoms with Crippen LogP contribution in [0.4, 0.5) is 5.95 Å². The second-order valence-electron chi connectivity index (χ2n) is 5.88. The summed E-state index contributed by atoms with van der Waals surface area (Å²) >= 11 is 6.32. The van der Waals surface area contributed by atoms with Crippen molar-refractivity contribution >= 4 is 17.5 Å². The highest BCUT2D eigenvalue weighted by molar-refractivity contribution is 6.30. The lowest BCUT2D eigenvalue weighted by atomic mass is 10.1. The lowest BCUT2D eigenvalue weighted by Gasteiger charge is -2.27. The molecule has 0 amide bonds. The Bertz CT molecular complexity index is 861. The van der Waals surface area contributed by atoms with E-state index < -0.39 is 0 Å².